The Morgan fingerprint density at radius 1 is 1.24 bits per heavy atom. The lowest BCUT2D eigenvalue weighted by molar-refractivity contribution is -0.137. The van der Waals surface area contributed by atoms with Gasteiger partial charge in [0, 0.05) is 6.20 Å². The summed E-state index contributed by atoms with van der Waals surface area (Å²) in [6.45, 7) is 5.58. The zero-order valence-electron chi connectivity index (χ0n) is 16.3. The summed E-state index contributed by atoms with van der Waals surface area (Å²) in [6, 6.07) is 12.4. The van der Waals surface area contributed by atoms with Crippen LogP contribution in [0.3, 0.4) is 0 Å². The van der Waals surface area contributed by atoms with Crippen molar-refractivity contribution in [2.45, 2.75) is 20.8 Å². The molecule has 3 aromatic rings. The number of hydrogen-bond acceptors (Lipinski definition) is 6. The molecule has 0 spiro atoms. The van der Waals surface area contributed by atoms with Crippen molar-refractivity contribution >= 4 is 17.7 Å². The molecule has 0 atom stereocenters. The van der Waals surface area contributed by atoms with Crippen molar-refractivity contribution in [1.29, 1.82) is 5.26 Å². The quantitative estimate of drug-likeness (QED) is 0.376. The van der Waals surface area contributed by atoms with Crippen LogP contribution in [0.15, 0.2) is 53.0 Å². The van der Waals surface area contributed by atoms with Gasteiger partial charge in [0.1, 0.15) is 28.6 Å². The minimum atomic E-state index is -0.815. The molecule has 0 amide bonds. The second kappa shape index (κ2) is 8.40. The highest BCUT2D eigenvalue weighted by Gasteiger charge is 2.18. The van der Waals surface area contributed by atoms with Gasteiger partial charge in [0.2, 0.25) is 5.88 Å². The Balaban J connectivity index is 2.24. The maximum atomic E-state index is 13.1. The number of nitrogens with zero attached hydrogens (tertiary/aromatic N) is 3. The van der Waals surface area contributed by atoms with E-state index in [0.29, 0.717) is 11.4 Å². The number of hydrogen-bond donors (Lipinski definition) is 0. The second-order valence-electron chi connectivity index (χ2n) is 6.26. The smallest absolute Gasteiger partial charge is 0.348 e. The Bertz CT molecular complexity index is 1220. The summed E-state index contributed by atoms with van der Waals surface area (Å²) in [4.78, 5) is 29.5. The molecule has 0 unspecified atom stereocenters. The fourth-order valence-corrected chi connectivity index (χ4v) is 2.71. The molecule has 7 nitrogen and oxygen atoms in total. The normalized spacial score (nSPS) is 11.2. The molecule has 0 aliphatic carbocycles. The summed E-state index contributed by atoms with van der Waals surface area (Å²) >= 11 is 0. The highest BCUT2D eigenvalue weighted by atomic mass is 16.5. The molecule has 0 aliphatic heterocycles. The van der Waals surface area contributed by atoms with Crippen molar-refractivity contribution in [2.75, 3.05) is 6.61 Å². The molecule has 2 aromatic heterocycles. The van der Waals surface area contributed by atoms with Crippen LogP contribution in [0.1, 0.15) is 23.6 Å². The molecule has 146 valence electrons. The summed E-state index contributed by atoms with van der Waals surface area (Å²) in [5.74, 6) is -0.279. The fraction of sp³-hybridized carbons (Fsp3) is 0.182. The molecule has 7 heteroatoms. The van der Waals surface area contributed by atoms with Gasteiger partial charge >= 0.3 is 5.97 Å². The summed E-state index contributed by atoms with van der Waals surface area (Å²) in [7, 11) is 0. The molecule has 3 rings (SSSR count). The predicted molar refractivity (Wildman–Crippen MR) is 108 cm³/mol. The summed E-state index contributed by atoms with van der Waals surface area (Å²) in [5, 5.41) is 9.36. The molecule has 0 fully saturated rings. The molecule has 0 saturated heterocycles. The molecule has 29 heavy (non-hydrogen) atoms. The molecule has 1 aromatic carbocycles. The Hall–Kier alpha value is -3.92. The van der Waals surface area contributed by atoms with Gasteiger partial charge < -0.3 is 9.47 Å². The number of esters is 1. The van der Waals surface area contributed by atoms with Gasteiger partial charge in [-0.2, -0.15) is 10.2 Å². The molecule has 0 radical (unpaired) electrons. The Morgan fingerprint density at radius 3 is 2.76 bits per heavy atom. The fourth-order valence-electron chi connectivity index (χ4n) is 2.71. The number of rotatable bonds is 5. The summed E-state index contributed by atoms with van der Waals surface area (Å²) < 4.78 is 12.2. The van der Waals surface area contributed by atoms with Crippen molar-refractivity contribution in [3.63, 3.8) is 0 Å². The number of aryl methyl sites for hydroxylation is 1. The van der Waals surface area contributed by atoms with E-state index in [1.54, 1.807) is 43.5 Å². The van der Waals surface area contributed by atoms with Crippen molar-refractivity contribution in [2.24, 2.45) is 0 Å². The van der Waals surface area contributed by atoms with E-state index in [2.05, 4.69) is 4.98 Å². The van der Waals surface area contributed by atoms with Gasteiger partial charge in [-0.1, -0.05) is 18.2 Å². The first-order valence-electron chi connectivity index (χ1n) is 9.00. The maximum absolute atomic E-state index is 13.1. The monoisotopic (exact) mass is 389 g/mol. The van der Waals surface area contributed by atoms with Gasteiger partial charge in [-0.15, -0.1) is 0 Å². The number of fused-ring (bicyclic) bond motifs is 1. The molecule has 0 N–H and O–H groups in total. The number of aromatic nitrogens is 2. The first-order chi connectivity index (χ1) is 14.0. The number of ether oxygens (including phenoxy) is 2. The van der Waals surface area contributed by atoms with Crippen molar-refractivity contribution in [3.05, 3.63) is 75.2 Å². The van der Waals surface area contributed by atoms with E-state index < -0.39 is 11.5 Å². The predicted octanol–water partition coefficient (Wildman–Crippen LogP) is 3.57. The van der Waals surface area contributed by atoms with Crippen molar-refractivity contribution < 1.29 is 14.3 Å². The highest BCUT2D eigenvalue weighted by Crippen LogP contribution is 2.28. The van der Waals surface area contributed by atoms with Gasteiger partial charge in [-0.3, -0.25) is 9.20 Å². The minimum absolute atomic E-state index is 0.00643. The largest absolute Gasteiger partial charge is 0.462 e. The van der Waals surface area contributed by atoms with Crippen LogP contribution in [0.25, 0.3) is 11.7 Å². The SMILES string of the molecule is CCOC(=O)/C(C#N)=C/c1c(Oc2cccc(C)c2C)nc2ccccn2c1=O. The standard InChI is InChI=1S/C22H19N3O4/c1-4-28-22(27)16(13-23)12-17-20(29-18-9-7-8-14(2)15(18)3)24-19-10-5-6-11-25(19)21(17)26/h5-12H,4H2,1-3H3/b16-12+. The van der Waals surface area contributed by atoms with Crippen LogP contribution in [-0.4, -0.2) is 22.0 Å². The Labute approximate surface area is 167 Å². The van der Waals surface area contributed by atoms with E-state index in [1.807, 2.05) is 26.0 Å². The minimum Gasteiger partial charge on any atom is -0.462 e. The molecule has 0 saturated carbocycles. The van der Waals surface area contributed by atoms with Crippen LogP contribution in [0.5, 0.6) is 11.6 Å². The average Bonchev–Trinajstić information content (AvgIpc) is 2.71. The molecule has 0 aliphatic rings. The maximum Gasteiger partial charge on any atom is 0.348 e. The summed E-state index contributed by atoms with van der Waals surface area (Å²) in [5.41, 5.74) is 1.49. The number of pyridine rings is 1. The third kappa shape index (κ3) is 4.01. The van der Waals surface area contributed by atoms with Gasteiger partial charge in [0.05, 0.1) is 6.61 Å². The number of carbonyl (C=O) groups excluding carboxylic acids is 1. The van der Waals surface area contributed by atoms with Crippen LogP contribution in [0.4, 0.5) is 0 Å². The first-order valence-corrected chi connectivity index (χ1v) is 9.00. The van der Waals surface area contributed by atoms with E-state index in [0.717, 1.165) is 17.2 Å². The van der Waals surface area contributed by atoms with Crippen LogP contribution >= 0.6 is 0 Å². The average molecular weight is 389 g/mol. The van der Waals surface area contributed by atoms with Crippen LogP contribution in [0.2, 0.25) is 0 Å². The number of carbonyl (C=O) groups is 1. The lowest BCUT2D eigenvalue weighted by Gasteiger charge is -2.13. The zero-order chi connectivity index (χ0) is 21.0. The molecular formula is C22H19N3O4. The molecule has 0 bridgehead atoms. The van der Waals surface area contributed by atoms with E-state index in [-0.39, 0.29) is 23.6 Å². The van der Waals surface area contributed by atoms with Gasteiger partial charge in [-0.05, 0) is 56.2 Å². The number of benzene rings is 1. The van der Waals surface area contributed by atoms with Crippen LogP contribution in [0, 0.1) is 25.2 Å². The Morgan fingerprint density at radius 2 is 2.03 bits per heavy atom. The van der Waals surface area contributed by atoms with E-state index in [9.17, 15) is 14.9 Å². The first kappa shape index (κ1) is 19.8. The zero-order valence-corrected chi connectivity index (χ0v) is 16.3. The van der Waals surface area contributed by atoms with E-state index >= 15 is 0 Å². The van der Waals surface area contributed by atoms with Gasteiger partial charge in [-0.25, -0.2) is 4.79 Å². The lowest BCUT2D eigenvalue weighted by Crippen LogP contribution is -2.19. The van der Waals surface area contributed by atoms with Crippen molar-refractivity contribution in [1.82, 2.24) is 9.38 Å². The third-order valence-corrected chi connectivity index (χ3v) is 4.40. The highest BCUT2D eigenvalue weighted by molar-refractivity contribution is 5.98. The summed E-state index contributed by atoms with van der Waals surface area (Å²) in [6.07, 6.45) is 2.72. The number of nitriles is 1. The van der Waals surface area contributed by atoms with Crippen LogP contribution in [-0.2, 0) is 9.53 Å². The topological polar surface area (TPSA) is 93.7 Å². The third-order valence-electron chi connectivity index (χ3n) is 4.40. The lowest BCUT2D eigenvalue weighted by atomic mass is 10.1. The van der Waals surface area contributed by atoms with Gasteiger partial charge in [0.15, 0.2) is 0 Å². The second-order valence-corrected chi connectivity index (χ2v) is 6.26. The van der Waals surface area contributed by atoms with E-state index in [4.69, 9.17) is 9.47 Å². The molecule has 2 heterocycles. The van der Waals surface area contributed by atoms with Crippen LogP contribution < -0.4 is 10.3 Å². The van der Waals surface area contributed by atoms with Gasteiger partial charge in [0.25, 0.3) is 5.56 Å². The van der Waals surface area contributed by atoms with Crippen molar-refractivity contribution in [3.8, 4) is 17.7 Å². The molecular weight excluding hydrogens is 370 g/mol. The van der Waals surface area contributed by atoms with E-state index in [1.165, 1.54) is 4.40 Å². The Kier molecular flexibility index (Phi) is 5.74.